The van der Waals surface area contributed by atoms with Gasteiger partial charge in [0.2, 0.25) is 5.95 Å². The molecule has 0 amide bonds. The summed E-state index contributed by atoms with van der Waals surface area (Å²) in [5.74, 6) is -0.402. The topological polar surface area (TPSA) is 73.1 Å². The van der Waals surface area contributed by atoms with Gasteiger partial charge in [-0.3, -0.25) is 0 Å². The quantitative estimate of drug-likeness (QED) is 0.847. The summed E-state index contributed by atoms with van der Waals surface area (Å²) in [5, 5.41) is 2.74. The van der Waals surface area contributed by atoms with Crippen LogP contribution in [0.25, 0.3) is 0 Å². The van der Waals surface area contributed by atoms with Crippen LogP contribution in [0, 0.1) is 0 Å². The molecule has 1 atom stereocenters. The maximum absolute atomic E-state index is 12.4. The predicted octanol–water partition coefficient (Wildman–Crippen LogP) is 1.52. The van der Waals surface area contributed by atoms with Crippen molar-refractivity contribution in [2.24, 2.45) is 0 Å². The largest absolute Gasteiger partial charge is 0.433 e. The number of hydrogen-bond acceptors (Lipinski definition) is 5. The van der Waals surface area contributed by atoms with Crippen molar-refractivity contribution in [2.45, 2.75) is 19.1 Å². The monoisotopic (exact) mass is 250 g/mol. The first-order chi connectivity index (χ1) is 7.82. The molecule has 0 spiro atoms. The van der Waals surface area contributed by atoms with Gasteiger partial charge >= 0.3 is 6.18 Å². The number of ether oxygens (including phenoxy) is 1. The molecule has 0 aromatic carbocycles. The third kappa shape index (κ3) is 4.06. The van der Waals surface area contributed by atoms with Crippen LogP contribution < -0.4 is 11.1 Å². The minimum absolute atomic E-state index is 0.0226. The number of nitrogens with zero attached hydrogens (tertiary/aromatic N) is 2. The van der Waals surface area contributed by atoms with Crippen molar-refractivity contribution >= 4 is 11.8 Å². The highest BCUT2D eigenvalue weighted by Crippen LogP contribution is 2.29. The van der Waals surface area contributed by atoms with E-state index in [1.165, 1.54) is 7.11 Å². The second kappa shape index (κ2) is 5.17. The van der Waals surface area contributed by atoms with Gasteiger partial charge in [-0.05, 0) is 6.92 Å². The molecule has 5 nitrogen and oxygen atoms in total. The Morgan fingerprint density at radius 2 is 2.12 bits per heavy atom. The highest BCUT2D eigenvalue weighted by atomic mass is 19.4. The molecule has 0 aliphatic rings. The SMILES string of the molecule is COCC(C)Nc1cc(C(F)(F)F)nc(N)n1. The molecular formula is C9H13F3N4O. The summed E-state index contributed by atoms with van der Waals surface area (Å²) in [4.78, 5) is 6.80. The summed E-state index contributed by atoms with van der Waals surface area (Å²) in [7, 11) is 1.49. The van der Waals surface area contributed by atoms with Gasteiger partial charge in [-0.15, -0.1) is 0 Å². The average Bonchev–Trinajstić information content (AvgIpc) is 2.15. The number of aromatic nitrogens is 2. The Hall–Kier alpha value is -1.57. The lowest BCUT2D eigenvalue weighted by Crippen LogP contribution is -2.22. The number of nitrogens with one attached hydrogen (secondary N) is 1. The molecule has 1 heterocycles. The number of halogens is 3. The Bertz CT molecular complexity index is 383. The second-order valence-electron chi connectivity index (χ2n) is 3.50. The molecule has 1 aromatic heterocycles. The number of alkyl halides is 3. The average molecular weight is 250 g/mol. The van der Waals surface area contributed by atoms with E-state index in [0.29, 0.717) is 6.61 Å². The number of methoxy groups -OCH3 is 1. The minimum Gasteiger partial charge on any atom is -0.383 e. The first kappa shape index (κ1) is 13.5. The van der Waals surface area contributed by atoms with Gasteiger partial charge in [0.15, 0.2) is 5.69 Å². The van der Waals surface area contributed by atoms with E-state index in [9.17, 15) is 13.2 Å². The van der Waals surface area contributed by atoms with Crippen molar-refractivity contribution in [3.63, 3.8) is 0 Å². The summed E-state index contributed by atoms with van der Waals surface area (Å²) >= 11 is 0. The molecule has 1 unspecified atom stereocenters. The third-order valence-corrected chi connectivity index (χ3v) is 1.84. The summed E-state index contributed by atoms with van der Waals surface area (Å²) < 4.78 is 42.1. The van der Waals surface area contributed by atoms with Gasteiger partial charge in [0.25, 0.3) is 0 Å². The lowest BCUT2D eigenvalue weighted by molar-refractivity contribution is -0.141. The predicted molar refractivity (Wildman–Crippen MR) is 56.4 cm³/mol. The Balaban J connectivity index is 2.90. The van der Waals surface area contributed by atoms with Crippen LogP contribution in [0.5, 0.6) is 0 Å². The molecule has 1 aromatic rings. The molecule has 0 aliphatic heterocycles. The van der Waals surface area contributed by atoms with Crippen molar-refractivity contribution in [3.05, 3.63) is 11.8 Å². The molecule has 0 radical (unpaired) electrons. The highest BCUT2D eigenvalue weighted by Gasteiger charge is 2.33. The normalized spacial score (nSPS) is 13.5. The van der Waals surface area contributed by atoms with Crippen LogP contribution in [0.15, 0.2) is 6.07 Å². The molecule has 0 saturated carbocycles. The second-order valence-corrected chi connectivity index (χ2v) is 3.50. The molecular weight excluding hydrogens is 237 g/mol. The molecule has 8 heteroatoms. The van der Waals surface area contributed by atoms with Crippen molar-refractivity contribution in [1.82, 2.24) is 9.97 Å². The zero-order valence-electron chi connectivity index (χ0n) is 9.38. The highest BCUT2D eigenvalue weighted by molar-refractivity contribution is 5.41. The molecule has 1 rings (SSSR count). The zero-order chi connectivity index (χ0) is 13.1. The van der Waals surface area contributed by atoms with Crippen molar-refractivity contribution in [1.29, 1.82) is 0 Å². The fraction of sp³-hybridized carbons (Fsp3) is 0.556. The van der Waals surface area contributed by atoms with E-state index in [4.69, 9.17) is 10.5 Å². The van der Waals surface area contributed by atoms with Gasteiger partial charge in [-0.1, -0.05) is 0 Å². The van der Waals surface area contributed by atoms with E-state index in [1.807, 2.05) is 0 Å². The van der Waals surface area contributed by atoms with Crippen LogP contribution in [0.4, 0.5) is 24.9 Å². The van der Waals surface area contributed by atoms with Gasteiger partial charge in [0.1, 0.15) is 5.82 Å². The fourth-order valence-electron chi connectivity index (χ4n) is 1.23. The van der Waals surface area contributed by atoms with Crippen LogP contribution in [0.1, 0.15) is 12.6 Å². The summed E-state index contributed by atoms with van der Waals surface area (Å²) in [5.41, 5.74) is 4.14. The molecule has 17 heavy (non-hydrogen) atoms. The first-order valence-electron chi connectivity index (χ1n) is 4.80. The van der Waals surface area contributed by atoms with E-state index in [0.717, 1.165) is 6.07 Å². The Morgan fingerprint density at radius 1 is 1.47 bits per heavy atom. The molecule has 96 valence electrons. The summed E-state index contributed by atoms with van der Waals surface area (Å²) in [6, 6.07) is 0.623. The Labute approximate surface area is 96.2 Å². The maximum Gasteiger partial charge on any atom is 0.433 e. The Kier molecular flexibility index (Phi) is 4.11. The third-order valence-electron chi connectivity index (χ3n) is 1.84. The smallest absolute Gasteiger partial charge is 0.383 e. The van der Waals surface area contributed by atoms with Crippen LogP contribution in [0.3, 0.4) is 0 Å². The molecule has 0 saturated heterocycles. The summed E-state index contributed by atoms with van der Waals surface area (Å²) in [6.07, 6.45) is -4.54. The van der Waals surface area contributed by atoms with E-state index in [1.54, 1.807) is 6.92 Å². The summed E-state index contributed by atoms with van der Waals surface area (Å²) in [6.45, 7) is 2.08. The van der Waals surface area contributed by atoms with E-state index < -0.39 is 17.8 Å². The van der Waals surface area contributed by atoms with Gasteiger partial charge in [-0.25, -0.2) is 4.98 Å². The van der Waals surface area contributed by atoms with Gasteiger partial charge in [-0.2, -0.15) is 18.2 Å². The van der Waals surface area contributed by atoms with Crippen LogP contribution >= 0.6 is 0 Å². The van der Waals surface area contributed by atoms with Crippen LogP contribution in [0.2, 0.25) is 0 Å². The fourth-order valence-corrected chi connectivity index (χ4v) is 1.23. The molecule has 3 N–H and O–H groups in total. The van der Waals surface area contributed by atoms with E-state index in [-0.39, 0.29) is 11.9 Å². The minimum atomic E-state index is -4.54. The lowest BCUT2D eigenvalue weighted by atomic mass is 10.3. The lowest BCUT2D eigenvalue weighted by Gasteiger charge is -2.14. The van der Waals surface area contributed by atoms with E-state index >= 15 is 0 Å². The first-order valence-corrected chi connectivity index (χ1v) is 4.80. The molecule has 0 fully saturated rings. The Morgan fingerprint density at radius 3 is 2.65 bits per heavy atom. The zero-order valence-corrected chi connectivity index (χ0v) is 9.38. The number of hydrogen-bond donors (Lipinski definition) is 2. The number of rotatable bonds is 4. The number of nitrogens with two attached hydrogens (primary N) is 1. The standard InChI is InChI=1S/C9H13F3N4O/c1-5(4-17-2)14-7-3-6(9(10,11)12)15-8(13)16-7/h3,5H,4H2,1-2H3,(H3,13,14,15,16). The maximum atomic E-state index is 12.4. The number of nitrogen functional groups attached to an aromatic ring is 1. The van der Waals surface area contributed by atoms with Crippen molar-refractivity contribution in [2.75, 3.05) is 24.8 Å². The van der Waals surface area contributed by atoms with Crippen LogP contribution in [-0.2, 0) is 10.9 Å². The van der Waals surface area contributed by atoms with Gasteiger partial charge < -0.3 is 15.8 Å². The number of anilines is 2. The van der Waals surface area contributed by atoms with Crippen molar-refractivity contribution < 1.29 is 17.9 Å². The van der Waals surface area contributed by atoms with Crippen LogP contribution in [-0.4, -0.2) is 29.7 Å². The van der Waals surface area contributed by atoms with Crippen molar-refractivity contribution in [3.8, 4) is 0 Å². The van der Waals surface area contributed by atoms with Gasteiger partial charge in [0.05, 0.1) is 6.61 Å². The molecule has 0 bridgehead atoms. The van der Waals surface area contributed by atoms with E-state index in [2.05, 4.69) is 15.3 Å². The molecule has 0 aliphatic carbocycles. The van der Waals surface area contributed by atoms with Gasteiger partial charge in [0, 0.05) is 19.2 Å².